The van der Waals surface area contributed by atoms with Crippen molar-refractivity contribution in [2.24, 2.45) is 0 Å². The highest BCUT2D eigenvalue weighted by atomic mass is 35.7. The summed E-state index contributed by atoms with van der Waals surface area (Å²) in [6.45, 7) is 1.65. The van der Waals surface area contributed by atoms with E-state index in [9.17, 15) is 8.42 Å². The van der Waals surface area contributed by atoms with Gasteiger partial charge in [0.05, 0.1) is 14.9 Å². The van der Waals surface area contributed by atoms with Gasteiger partial charge in [-0.2, -0.15) is 0 Å². The summed E-state index contributed by atoms with van der Waals surface area (Å²) < 4.78 is 21.8. The first-order chi connectivity index (χ1) is 5.82. The monoisotopic (exact) mass is 258 g/mol. The lowest BCUT2D eigenvalue weighted by molar-refractivity contribution is 0.609. The Bertz CT molecular complexity index is 416. The molecule has 0 unspecified atom stereocenters. The highest BCUT2D eigenvalue weighted by Crippen LogP contribution is 2.29. The summed E-state index contributed by atoms with van der Waals surface area (Å²) in [5.41, 5.74) is 0.577. The van der Waals surface area contributed by atoms with Crippen molar-refractivity contribution >= 4 is 42.9 Å². The molecule has 0 heterocycles. The molecule has 1 aromatic rings. The van der Waals surface area contributed by atoms with Crippen LogP contribution in [0.15, 0.2) is 17.0 Å². The van der Waals surface area contributed by atoms with Crippen LogP contribution < -0.4 is 0 Å². The number of hydrogen-bond donors (Lipinski definition) is 0. The molecule has 0 bridgehead atoms. The zero-order valence-electron chi connectivity index (χ0n) is 6.51. The minimum Gasteiger partial charge on any atom is -0.207 e. The molecule has 0 aromatic heterocycles. The molecule has 0 atom stereocenters. The van der Waals surface area contributed by atoms with Crippen LogP contribution in [0.3, 0.4) is 0 Å². The van der Waals surface area contributed by atoms with Crippen LogP contribution in [0.5, 0.6) is 0 Å². The second-order valence-corrected chi connectivity index (χ2v) is 5.82. The first-order valence-corrected chi connectivity index (χ1v) is 6.29. The Morgan fingerprint density at radius 1 is 1.23 bits per heavy atom. The Labute approximate surface area is 90.8 Å². The van der Waals surface area contributed by atoms with Crippen molar-refractivity contribution in [1.82, 2.24) is 0 Å². The van der Waals surface area contributed by atoms with E-state index in [-0.39, 0.29) is 9.92 Å². The molecule has 0 saturated heterocycles. The maximum atomic E-state index is 10.9. The summed E-state index contributed by atoms with van der Waals surface area (Å²) in [5.74, 6) is 0. The van der Waals surface area contributed by atoms with Gasteiger partial charge < -0.3 is 0 Å². The molecule has 0 N–H and O–H groups in total. The zero-order chi connectivity index (χ0) is 10.2. The Balaban J connectivity index is 3.47. The van der Waals surface area contributed by atoms with Crippen LogP contribution in [0.25, 0.3) is 0 Å². The molecule has 0 aliphatic rings. The maximum absolute atomic E-state index is 10.9. The lowest BCUT2D eigenvalue weighted by Crippen LogP contribution is -1.92. The first kappa shape index (κ1) is 11.1. The van der Waals surface area contributed by atoms with Crippen molar-refractivity contribution < 1.29 is 8.42 Å². The van der Waals surface area contributed by atoms with E-state index in [1.807, 2.05) is 0 Å². The van der Waals surface area contributed by atoms with Crippen LogP contribution in [-0.4, -0.2) is 8.42 Å². The van der Waals surface area contributed by atoms with Crippen LogP contribution in [0.2, 0.25) is 10.0 Å². The molecule has 6 heteroatoms. The number of rotatable bonds is 1. The van der Waals surface area contributed by atoms with Crippen LogP contribution in [-0.2, 0) is 9.05 Å². The van der Waals surface area contributed by atoms with E-state index >= 15 is 0 Å². The van der Waals surface area contributed by atoms with Gasteiger partial charge in [-0.25, -0.2) is 8.42 Å². The quantitative estimate of drug-likeness (QED) is 0.726. The molecule has 0 saturated carbocycles. The topological polar surface area (TPSA) is 34.1 Å². The summed E-state index contributed by atoms with van der Waals surface area (Å²) >= 11 is 11.4. The molecule has 1 aromatic carbocycles. The minimum atomic E-state index is -3.74. The fraction of sp³-hybridized carbons (Fsp3) is 0.143. The molecule has 0 aliphatic heterocycles. The zero-order valence-corrected chi connectivity index (χ0v) is 9.60. The molecule has 0 aliphatic carbocycles. The standard InChI is InChI=1S/C7H5Cl3O2S/c1-4-2-5(13(10,11)12)3-6(8)7(4)9/h2-3H,1H3. The largest absolute Gasteiger partial charge is 0.261 e. The van der Waals surface area contributed by atoms with Gasteiger partial charge in [-0.15, -0.1) is 0 Å². The molecular weight excluding hydrogens is 255 g/mol. The van der Waals surface area contributed by atoms with Gasteiger partial charge in [0, 0.05) is 10.7 Å². The first-order valence-electron chi connectivity index (χ1n) is 3.22. The molecule has 2 nitrogen and oxygen atoms in total. The number of benzene rings is 1. The van der Waals surface area contributed by atoms with Crippen molar-refractivity contribution in [3.63, 3.8) is 0 Å². The minimum absolute atomic E-state index is 0.0407. The second-order valence-electron chi connectivity index (χ2n) is 2.47. The van der Waals surface area contributed by atoms with Crippen LogP contribution >= 0.6 is 33.9 Å². The van der Waals surface area contributed by atoms with Gasteiger partial charge in [0.15, 0.2) is 0 Å². The third-order valence-corrected chi connectivity index (χ3v) is 3.69. The fourth-order valence-corrected chi connectivity index (χ4v) is 2.12. The van der Waals surface area contributed by atoms with Gasteiger partial charge in [-0.05, 0) is 24.6 Å². The predicted octanol–water partition coefficient (Wildman–Crippen LogP) is 3.23. The van der Waals surface area contributed by atoms with Crippen molar-refractivity contribution in [2.45, 2.75) is 11.8 Å². The molecule has 13 heavy (non-hydrogen) atoms. The normalized spacial score (nSPS) is 11.7. The van der Waals surface area contributed by atoms with Crippen molar-refractivity contribution in [3.05, 3.63) is 27.7 Å². The lowest BCUT2D eigenvalue weighted by Gasteiger charge is -2.02. The lowest BCUT2D eigenvalue weighted by atomic mass is 10.2. The van der Waals surface area contributed by atoms with E-state index in [4.69, 9.17) is 33.9 Å². The van der Waals surface area contributed by atoms with E-state index in [0.29, 0.717) is 10.6 Å². The van der Waals surface area contributed by atoms with Crippen LogP contribution in [0.1, 0.15) is 5.56 Å². The van der Waals surface area contributed by atoms with Crippen LogP contribution in [0, 0.1) is 6.92 Å². The van der Waals surface area contributed by atoms with Crippen molar-refractivity contribution in [3.8, 4) is 0 Å². The molecule has 0 amide bonds. The molecule has 72 valence electrons. The van der Waals surface area contributed by atoms with Gasteiger partial charge >= 0.3 is 0 Å². The highest BCUT2D eigenvalue weighted by molar-refractivity contribution is 8.13. The maximum Gasteiger partial charge on any atom is 0.261 e. The molecular formula is C7H5Cl3O2S. The van der Waals surface area contributed by atoms with E-state index < -0.39 is 9.05 Å². The Morgan fingerprint density at radius 2 is 1.77 bits per heavy atom. The van der Waals surface area contributed by atoms with Gasteiger partial charge in [0.1, 0.15) is 0 Å². The molecule has 0 spiro atoms. The number of aryl methyl sites for hydroxylation is 1. The third kappa shape index (κ3) is 2.50. The Hall–Kier alpha value is 0.0400. The van der Waals surface area contributed by atoms with Crippen molar-refractivity contribution in [1.29, 1.82) is 0 Å². The highest BCUT2D eigenvalue weighted by Gasteiger charge is 2.13. The van der Waals surface area contributed by atoms with Crippen molar-refractivity contribution in [2.75, 3.05) is 0 Å². The Kier molecular flexibility index (Phi) is 3.12. The molecule has 0 fully saturated rings. The fourth-order valence-electron chi connectivity index (χ4n) is 0.836. The van der Waals surface area contributed by atoms with Gasteiger partial charge in [-0.3, -0.25) is 0 Å². The number of hydrogen-bond acceptors (Lipinski definition) is 2. The Morgan fingerprint density at radius 3 is 2.15 bits per heavy atom. The summed E-state index contributed by atoms with van der Waals surface area (Å²) in [6, 6.07) is 2.59. The summed E-state index contributed by atoms with van der Waals surface area (Å²) in [4.78, 5) is -0.0407. The van der Waals surface area contributed by atoms with E-state index in [0.717, 1.165) is 0 Å². The SMILES string of the molecule is Cc1cc(S(=O)(=O)Cl)cc(Cl)c1Cl. The second kappa shape index (κ2) is 3.65. The molecule has 1 rings (SSSR count). The average Bonchev–Trinajstić information content (AvgIpc) is 1.97. The van der Waals surface area contributed by atoms with E-state index in [2.05, 4.69) is 0 Å². The van der Waals surface area contributed by atoms with Gasteiger partial charge in [0.2, 0.25) is 0 Å². The van der Waals surface area contributed by atoms with E-state index in [1.54, 1.807) is 6.92 Å². The summed E-state index contributed by atoms with van der Waals surface area (Å²) in [6.07, 6.45) is 0. The van der Waals surface area contributed by atoms with Gasteiger partial charge in [0.25, 0.3) is 9.05 Å². The molecule has 0 radical (unpaired) electrons. The van der Waals surface area contributed by atoms with Gasteiger partial charge in [-0.1, -0.05) is 23.2 Å². The number of halogens is 3. The van der Waals surface area contributed by atoms with Crippen LogP contribution in [0.4, 0.5) is 0 Å². The smallest absolute Gasteiger partial charge is 0.207 e. The average molecular weight is 260 g/mol. The summed E-state index contributed by atoms with van der Waals surface area (Å²) in [7, 11) is 1.39. The predicted molar refractivity (Wildman–Crippen MR) is 54.2 cm³/mol. The third-order valence-electron chi connectivity index (χ3n) is 1.47. The summed E-state index contributed by atoms with van der Waals surface area (Å²) in [5, 5.41) is 0.520. The van der Waals surface area contributed by atoms with E-state index in [1.165, 1.54) is 12.1 Å².